The Hall–Kier alpha value is 0.00740. The van der Waals surface area contributed by atoms with Gasteiger partial charge in [-0.25, -0.2) is 0 Å². The number of carbonyl (C=O) groups excluding carboxylic acids is 1. The fraction of sp³-hybridized carbons (Fsp3) is 0. The second-order valence-corrected chi connectivity index (χ2v) is 0.372. The van der Waals surface area contributed by atoms with Gasteiger partial charge in [-0.3, -0.25) is 4.79 Å². The Kier molecular flexibility index (Phi) is 16.0. The van der Waals surface area contributed by atoms with Crippen LogP contribution in [0.1, 0.15) is 1.43 Å². The molecule has 0 aliphatic carbocycles. The van der Waals surface area contributed by atoms with E-state index in [0.717, 1.165) is 0 Å². The molecule has 0 aromatic heterocycles. The fourth-order valence-electron chi connectivity index (χ4n) is 0. The third kappa shape index (κ3) is 15.9. The van der Waals surface area contributed by atoms with Gasteiger partial charge in [0.25, 0.3) is 0 Å². The summed E-state index contributed by atoms with van der Waals surface area (Å²) in [6.45, 7) is 3.11. The monoisotopic (exact) mass is 64.1 g/mol. The number of carbonyl (C=O) groups is 1. The third-order valence-corrected chi connectivity index (χ3v) is 0.0962. The summed E-state index contributed by atoms with van der Waals surface area (Å²) in [6.07, 6.45) is 1.83. The van der Waals surface area contributed by atoms with Crippen LogP contribution in [0.15, 0.2) is 12.7 Å². The number of hydrogen-bond acceptors (Lipinski definition) is 1. The molecule has 0 aromatic carbocycles. The van der Waals surface area contributed by atoms with Gasteiger partial charge in [-0.05, 0) is 6.08 Å². The Labute approximate surface area is 44.7 Å². The van der Waals surface area contributed by atoms with Crippen LogP contribution in [-0.4, -0.2) is 6.29 Å². The van der Waals surface area contributed by atoms with Crippen molar-refractivity contribution in [1.29, 1.82) is 0 Å². The molecule has 0 fully saturated rings. The maximum atomic E-state index is 9.06. The van der Waals surface area contributed by atoms with Crippen molar-refractivity contribution in [3.8, 4) is 0 Å². The SMILES string of the molecule is C=CC=O.[H-].[Li+]. The quantitative estimate of drug-likeness (QED) is 0.187. The van der Waals surface area contributed by atoms with Crippen LogP contribution in [0, 0.1) is 0 Å². The minimum Gasteiger partial charge on any atom is -1.00 e. The van der Waals surface area contributed by atoms with Crippen LogP contribution < -0.4 is 18.9 Å². The van der Waals surface area contributed by atoms with Gasteiger partial charge in [0.2, 0.25) is 0 Å². The molecule has 1 nitrogen and oxygen atoms in total. The molecule has 0 heterocycles. The van der Waals surface area contributed by atoms with Crippen LogP contribution in [0.25, 0.3) is 0 Å². The van der Waals surface area contributed by atoms with Crippen LogP contribution in [-0.2, 0) is 4.79 Å². The number of rotatable bonds is 1. The molecule has 0 spiro atoms. The summed E-state index contributed by atoms with van der Waals surface area (Å²) in [5.74, 6) is 0. The van der Waals surface area contributed by atoms with Gasteiger partial charge in [0, 0.05) is 0 Å². The van der Waals surface area contributed by atoms with E-state index >= 15 is 0 Å². The Morgan fingerprint density at radius 3 is 2.00 bits per heavy atom. The summed E-state index contributed by atoms with van der Waals surface area (Å²) >= 11 is 0. The summed E-state index contributed by atoms with van der Waals surface area (Å²) in [5, 5.41) is 0. The normalized spacial score (nSPS) is 4.00. The largest absolute Gasteiger partial charge is 1.00 e. The number of allylic oxidation sites excluding steroid dienone is 1. The molecule has 0 atom stereocenters. The van der Waals surface area contributed by atoms with Gasteiger partial charge in [0.1, 0.15) is 6.29 Å². The van der Waals surface area contributed by atoms with E-state index < -0.39 is 0 Å². The molecule has 0 aliphatic rings. The van der Waals surface area contributed by atoms with E-state index in [0.29, 0.717) is 6.29 Å². The summed E-state index contributed by atoms with van der Waals surface area (Å²) in [4.78, 5) is 9.06. The van der Waals surface area contributed by atoms with Crippen LogP contribution >= 0.6 is 0 Å². The van der Waals surface area contributed by atoms with Gasteiger partial charge in [-0.1, -0.05) is 6.58 Å². The zero-order valence-electron chi connectivity index (χ0n) is 4.27. The number of hydrogen-bond donors (Lipinski definition) is 0. The van der Waals surface area contributed by atoms with Gasteiger partial charge in [-0.2, -0.15) is 0 Å². The molecule has 0 saturated heterocycles. The van der Waals surface area contributed by atoms with Crippen molar-refractivity contribution in [3.63, 3.8) is 0 Å². The van der Waals surface area contributed by atoms with Crippen molar-refractivity contribution < 1.29 is 25.1 Å². The zero-order chi connectivity index (χ0) is 3.41. The minimum atomic E-state index is 0. The maximum Gasteiger partial charge on any atom is 1.00 e. The Morgan fingerprint density at radius 2 is 2.00 bits per heavy atom. The van der Waals surface area contributed by atoms with E-state index in [4.69, 9.17) is 4.79 Å². The van der Waals surface area contributed by atoms with Crippen molar-refractivity contribution in [2.45, 2.75) is 0 Å². The maximum absolute atomic E-state index is 9.06. The Balaban J connectivity index is -0.0000000450. The first-order valence-corrected chi connectivity index (χ1v) is 0.977. The van der Waals surface area contributed by atoms with E-state index in [1.807, 2.05) is 0 Å². The van der Waals surface area contributed by atoms with E-state index in [9.17, 15) is 0 Å². The molecule has 0 N–H and O–H groups in total. The first-order chi connectivity index (χ1) is 1.91. The predicted molar refractivity (Wildman–Crippen MR) is 17.4 cm³/mol. The average molecular weight is 64.0 g/mol. The summed E-state index contributed by atoms with van der Waals surface area (Å²) in [6, 6.07) is 0. The van der Waals surface area contributed by atoms with E-state index in [1.165, 1.54) is 6.08 Å². The van der Waals surface area contributed by atoms with E-state index in [-0.39, 0.29) is 20.3 Å². The molecular formula is C3H5LiO. The predicted octanol–water partition coefficient (Wildman–Crippen LogP) is -2.51. The third-order valence-electron chi connectivity index (χ3n) is 0.0962. The molecule has 0 aliphatic heterocycles. The molecule has 0 bridgehead atoms. The molecule has 5 heavy (non-hydrogen) atoms. The summed E-state index contributed by atoms with van der Waals surface area (Å²) < 4.78 is 0. The van der Waals surface area contributed by atoms with Gasteiger partial charge in [-0.15, -0.1) is 0 Å². The Morgan fingerprint density at radius 1 is 1.80 bits per heavy atom. The van der Waals surface area contributed by atoms with Gasteiger partial charge in [0.05, 0.1) is 0 Å². The van der Waals surface area contributed by atoms with Gasteiger partial charge >= 0.3 is 18.9 Å². The first kappa shape index (κ1) is 8.89. The van der Waals surface area contributed by atoms with Crippen molar-refractivity contribution in [2.24, 2.45) is 0 Å². The molecular weight excluding hydrogens is 59.0 g/mol. The second-order valence-electron chi connectivity index (χ2n) is 0.372. The molecule has 0 aromatic rings. The second kappa shape index (κ2) is 8.99. The molecule has 0 rings (SSSR count). The van der Waals surface area contributed by atoms with Gasteiger partial charge < -0.3 is 1.43 Å². The van der Waals surface area contributed by atoms with Crippen molar-refractivity contribution in [2.75, 3.05) is 0 Å². The standard InChI is InChI=1S/C3H4O.Li.H/c1-2-3-4;;/h2-3H,1H2;;/q;+1;-1. The fourth-order valence-corrected chi connectivity index (χ4v) is 0. The molecule has 0 radical (unpaired) electrons. The molecule has 2 heteroatoms. The van der Waals surface area contributed by atoms with Crippen molar-refractivity contribution in [3.05, 3.63) is 12.7 Å². The van der Waals surface area contributed by atoms with Crippen LogP contribution in [0.4, 0.5) is 0 Å². The van der Waals surface area contributed by atoms with Crippen LogP contribution in [0.3, 0.4) is 0 Å². The zero-order valence-corrected chi connectivity index (χ0v) is 3.27. The minimum absolute atomic E-state index is 0. The molecule has 24 valence electrons. The van der Waals surface area contributed by atoms with Crippen LogP contribution in [0.2, 0.25) is 0 Å². The molecule has 0 amide bonds. The Bertz CT molecular complexity index is 31.8. The van der Waals surface area contributed by atoms with Gasteiger partial charge in [0.15, 0.2) is 0 Å². The van der Waals surface area contributed by atoms with Crippen molar-refractivity contribution in [1.82, 2.24) is 0 Å². The number of aldehydes is 1. The molecule has 0 unspecified atom stereocenters. The molecule has 0 saturated carbocycles. The van der Waals surface area contributed by atoms with E-state index in [2.05, 4.69) is 6.58 Å². The smallest absolute Gasteiger partial charge is 1.00 e. The van der Waals surface area contributed by atoms with Crippen molar-refractivity contribution >= 4 is 6.29 Å². The summed E-state index contributed by atoms with van der Waals surface area (Å²) in [7, 11) is 0. The topological polar surface area (TPSA) is 17.1 Å². The summed E-state index contributed by atoms with van der Waals surface area (Å²) in [5.41, 5.74) is 0. The average Bonchev–Trinajstić information content (AvgIpc) is 1.37. The first-order valence-electron chi connectivity index (χ1n) is 0.977. The van der Waals surface area contributed by atoms with Crippen LogP contribution in [0.5, 0.6) is 0 Å². The van der Waals surface area contributed by atoms with E-state index in [1.54, 1.807) is 0 Å².